The maximum absolute atomic E-state index is 2.47. The molecule has 1 spiro atoms. The molecule has 1 aromatic heterocycles. The van der Waals surface area contributed by atoms with Crippen molar-refractivity contribution in [2.75, 3.05) is 4.90 Å². The monoisotopic (exact) mass is 850 g/mol. The largest absolute Gasteiger partial charge is 0.310 e. The van der Waals surface area contributed by atoms with Crippen molar-refractivity contribution in [3.05, 3.63) is 277 Å². The smallest absolute Gasteiger partial charge is 0.0726 e. The van der Waals surface area contributed by atoms with Crippen molar-refractivity contribution >= 4 is 49.6 Å². The number of para-hydroxylation sites is 2. The molecule has 2 nitrogen and oxygen atoms in total. The number of fused-ring (bicyclic) bond motifs is 14. The van der Waals surface area contributed by atoms with Crippen LogP contribution in [-0.2, 0) is 5.41 Å². The normalized spacial score (nSPS) is 12.9. The number of nitrogens with zero attached hydrogens (tertiary/aromatic N) is 2. The molecule has 14 rings (SSSR count). The molecular formula is C65H42N2. The summed E-state index contributed by atoms with van der Waals surface area (Å²) in [6, 6.07) is 94.2. The molecule has 0 fully saturated rings. The van der Waals surface area contributed by atoms with Gasteiger partial charge in [0.1, 0.15) is 0 Å². The van der Waals surface area contributed by atoms with E-state index in [1.807, 2.05) is 0 Å². The molecule has 0 N–H and O–H groups in total. The summed E-state index contributed by atoms with van der Waals surface area (Å²) in [7, 11) is 0. The third kappa shape index (κ3) is 5.51. The third-order valence-electron chi connectivity index (χ3n) is 14.6. The fourth-order valence-corrected chi connectivity index (χ4v) is 11.7. The number of hydrogen-bond donors (Lipinski definition) is 0. The summed E-state index contributed by atoms with van der Waals surface area (Å²) in [4.78, 5) is 2.42. The van der Waals surface area contributed by atoms with E-state index in [4.69, 9.17) is 0 Å². The molecule has 0 unspecified atom stereocenters. The van der Waals surface area contributed by atoms with Crippen molar-refractivity contribution in [2.24, 2.45) is 0 Å². The Balaban J connectivity index is 0.858. The van der Waals surface area contributed by atoms with E-state index in [-0.39, 0.29) is 0 Å². The Hall–Kier alpha value is -8.72. The SMILES string of the molecule is c1ccc(N(c2cccc(-c3ccc(-c4ccc5c(c4)c4ccccc4n5-c4cccc5ccccc45)cc3)c2)c2ccc3c(c2)C2(c4ccccc4-c4ccccc42)c2ccccc2-3)cc1. The molecule has 0 aliphatic heterocycles. The second kappa shape index (κ2) is 14.7. The lowest BCUT2D eigenvalue weighted by atomic mass is 9.70. The summed E-state index contributed by atoms with van der Waals surface area (Å²) in [5.74, 6) is 0. The highest BCUT2D eigenvalue weighted by molar-refractivity contribution is 6.12. The Morgan fingerprint density at radius 3 is 1.51 bits per heavy atom. The van der Waals surface area contributed by atoms with Gasteiger partial charge in [0.25, 0.3) is 0 Å². The molecule has 67 heavy (non-hydrogen) atoms. The lowest BCUT2D eigenvalue weighted by Crippen LogP contribution is -2.26. The molecule has 0 saturated carbocycles. The second-order valence-corrected chi connectivity index (χ2v) is 18.0. The van der Waals surface area contributed by atoms with Crippen molar-refractivity contribution in [3.63, 3.8) is 0 Å². The maximum Gasteiger partial charge on any atom is 0.0726 e. The summed E-state index contributed by atoms with van der Waals surface area (Å²) < 4.78 is 2.43. The average molecular weight is 851 g/mol. The van der Waals surface area contributed by atoms with Crippen LogP contribution in [0.5, 0.6) is 0 Å². The van der Waals surface area contributed by atoms with E-state index in [1.54, 1.807) is 0 Å². The minimum Gasteiger partial charge on any atom is -0.310 e. The Labute approximate surface area is 389 Å². The minimum absolute atomic E-state index is 0.417. The van der Waals surface area contributed by atoms with Crippen LogP contribution in [0.25, 0.3) is 82.8 Å². The van der Waals surface area contributed by atoms with Gasteiger partial charge in [-0.2, -0.15) is 0 Å². The van der Waals surface area contributed by atoms with E-state index in [0.29, 0.717) is 0 Å². The molecule has 0 amide bonds. The lowest BCUT2D eigenvalue weighted by molar-refractivity contribution is 0.793. The summed E-state index contributed by atoms with van der Waals surface area (Å²) in [5.41, 5.74) is 21.9. The molecule has 0 atom stereocenters. The Bertz CT molecular complexity index is 3860. The Morgan fingerprint density at radius 2 is 0.791 bits per heavy atom. The van der Waals surface area contributed by atoms with Crippen LogP contribution in [0.15, 0.2) is 255 Å². The topological polar surface area (TPSA) is 8.17 Å². The van der Waals surface area contributed by atoms with Crippen molar-refractivity contribution in [3.8, 4) is 50.2 Å². The number of anilines is 3. The van der Waals surface area contributed by atoms with Gasteiger partial charge in [0, 0.05) is 33.2 Å². The number of aromatic nitrogens is 1. The predicted octanol–water partition coefficient (Wildman–Crippen LogP) is 17.1. The van der Waals surface area contributed by atoms with E-state index in [9.17, 15) is 0 Å². The molecular weight excluding hydrogens is 809 g/mol. The van der Waals surface area contributed by atoms with Gasteiger partial charge >= 0.3 is 0 Å². The molecule has 0 saturated heterocycles. The molecule has 1 heterocycles. The van der Waals surface area contributed by atoms with E-state index < -0.39 is 5.41 Å². The van der Waals surface area contributed by atoms with Crippen LogP contribution in [0.2, 0.25) is 0 Å². The summed E-state index contributed by atoms with van der Waals surface area (Å²) in [5, 5.41) is 4.99. The van der Waals surface area contributed by atoms with Gasteiger partial charge < -0.3 is 9.47 Å². The quantitative estimate of drug-likeness (QED) is 0.162. The van der Waals surface area contributed by atoms with Crippen LogP contribution in [0.3, 0.4) is 0 Å². The summed E-state index contributed by atoms with van der Waals surface area (Å²) in [6.45, 7) is 0. The van der Waals surface area contributed by atoms with Crippen molar-refractivity contribution in [1.82, 2.24) is 4.57 Å². The minimum atomic E-state index is -0.417. The zero-order valence-corrected chi connectivity index (χ0v) is 36.6. The van der Waals surface area contributed by atoms with Crippen LogP contribution < -0.4 is 4.90 Å². The highest BCUT2D eigenvalue weighted by Gasteiger charge is 2.51. The van der Waals surface area contributed by atoms with E-state index >= 15 is 0 Å². The zero-order valence-electron chi connectivity index (χ0n) is 36.6. The fraction of sp³-hybridized carbons (Fsp3) is 0.0154. The molecule has 2 heteroatoms. The first-order valence-electron chi connectivity index (χ1n) is 23.3. The van der Waals surface area contributed by atoms with Gasteiger partial charge in [-0.05, 0) is 133 Å². The standard InChI is InChI=1S/C65H42N2/c1-2-19-48(20-3-1)66(50-37-38-55-54-25-8-12-29-60(54)65(61(55)42-50)58-27-10-6-23-52(58)53-24-7-11-28-59(53)65)49-21-14-18-46(40-49)43-32-34-44(35-33-43)47-36-39-64-57(41-47)56-26-9-13-30-63(56)67(64)62-31-15-17-45-16-4-5-22-51(45)62/h1-42H. The fourth-order valence-electron chi connectivity index (χ4n) is 11.7. The highest BCUT2D eigenvalue weighted by atomic mass is 15.1. The average Bonchev–Trinajstić information content (AvgIpc) is 4.00. The molecule has 2 aliphatic carbocycles. The third-order valence-corrected chi connectivity index (χ3v) is 14.6. The highest BCUT2D eigenvalue weighted by Crippen LogP contribution is 2.63. The summed E-state index contributed by atoms with van der Waals surface area (Å²) >= 11 is 0. The van der Waals surface area contributed by atoms with Gasteiger partial charge in [0.15, 0.2) is 0 Å². The zero-order chi connectivity index (χ0) is 44.1. The first-order valence-corrected chi connectivity index (χ1v) is 23.3. The number of benzene rings is 11. The van der Waals surface area contributed by atoms with Gasteiger partial charge in [-0.1, -0.05) is 194 Å². The van der Waals surface area contributed by atoms with E-state index in [2.05, 4.69) is 264 Å². The number of rotatable bonds is 6. The van der Waals surface area contributed by atoms with Crippen LogP contribution in [0.4, 0.5) is 17.1 Å². The van der Waals surface area contributed by atoms with Crippen molar-refractivity contribution in [1.29, 1.82) is 0 Å². The number of hydrogen-bond acceptors (Lipinski definition) is 1. The molecule has 11 aromatic carbocycles. The van der Waals surface area contributed by atoms with Gasteiger partial charge in [-0.15, -0.1) is 0 Å². The first-order chi connectivity index (χ1) is 33.2. The molecule has 0 bridgehead atoms. The first kappa shape index (κ1) is 37.6. The van der Waals surface area contributed by atoms with Crippen LogP contribution in [0.1, 0.15) is 22.3 Å². The molecule has 12 aromatic rings. The van der Waals surface area contributed by atoms with Gasteiger partial charge in [0.05, 0.1) is 22.1 Å². The van der Waals surface area contributed by atoms with Crippen LogP contribution in [-0.4, -0.2) is 4.57 Å². The molecule has 2 aliphatic rings. The van der Waals surface area contributed by atoms with Crippen LogP contribution >= 0.6 is 0 Å². The van der Waals surface area contributed by atoms with Crippen molar-refractivity contribution in [2.45, 2.75) is 5.41 Å². The second-order valence-electron chi connectivity index (χ2n) is 18.0. The lowest BCUT2D eigenvalue weighted by Gasteiger charge is -2.32. The predicted molar refractivity (Wildman–Crippen MR) is 280 cm³/mol. The Kier molecular flexibility index (Phi) is 8.23. The van der Waals surface area contributed by atoms with Crippen LogP contribution in [0, 0.1) is 0 Å². The van der Waals surface area contributed by atoms with Gasteiger partial charge in [0.2, 0.25) is 0 Å². The maximum atomic E-state index is 2.47. The Morgan fingerprint density at radius 1 is 0.284 bits per heavy atom. The van der Waals surface area contributed by atoms with E-state index in [1.165, 1.54) is 105 Å². The molecule has 0 radical (unpaired) electrons. The summed E-state index contributed by atoms with van der Waals surface area (Å²) in [6.07, 6.45) is 0. The van der Waals surface area contributed by atoms with Gasteiger partial charge in [-0.3, -0.25) is 0 Å². The van der Waals surface area contributed by atoms with Gasteiger partial charge in [-0.25, -0.2) is 0 Å². The van der Waals surface area contributed by atoms with Crippen molar-refractivity contribution < 1.29 is 0 Å². The van der Waals surface area contributed by atoms with E-state index in [0.717, 1.165) is 17.1 Å². The molecule has 312 valence electrons.